The third-order valence-electron chi connectivity index (χ3n) is 4.56. The van der Waals surface area contributed by atoms with E-state index in [9.17, 15) is 13.2 Å². The van der Waals surface area contributed by atoms with Crippen molar-refractivity contribution in [3.8, 4) is 11.6 Å². The highest BCUT2D eigenvalue weighted by molar-refractivity contribution is 5.55. The van der Waals surface area contributed by atoms with E-state index in [0.717, 1.165) is 32.5 Å². The summed E-state index contributed by atoms with van der Waals surface area (Å²) in [4.78, 5) is 8.43. The Morgan fingerprint density at radius 3 is 2.70 bits per heavy atom. The Kier molecular flexibility index (Phi) is 4.27. The zero-order valence-electron chi connectivity index (χ0n) is 13.1. The summed E-state index contributed by atoms with van der Waals surface area (Å²) in [5.41, 5.74) is 0. The highest BCUT2D eigenvalue weighted by atomic mass is 19.4. The summed E-state index contributed by atoms with van der Waals surface area (Å²) in [6.07, 6.45) is -2.78. The quantitative estimate of drug-likeness (QED) is 0.851. The van der Waals surface area contributed by atoms with Crippen LogP contribution < -0.4 is 14.4 Å². The average Bonchev–Trinajstić information content (AvgIpc) is 2.88. The highest BCUT2D eigenvalue weighted by Gasteiger charge is 2.39. The number of hydrogen-bond acceptors (Lipinski definition) is 5. The van der Waals surface area contributed by atoms with Crippen molar-refractivity contribution in [2.75, 3.05) is 38.7 Å². The SMILES string of the molecule is COc1ccc(OC(F)(F)F)nc1N1CCC2CN(C)CCC21. The number of methoxy groups -OCH3 is 1. The van der Waals surface area contributed by atoms with Gasteiger partial charge < -0.3 is 19.3 Å². The van der Waals surface area contributed by atoms with Gasteiger partial charge in [-0.3, -0.25) is 0 Å². The molecule has 8 heteroatoms. The molecule has 3 rings (SSSR count). The van der Waals surface area contributed by atoms with E-state index in [2.05, 4.69) is 26.6 Å². The van der Waals surface area contributed by atoms with Crippen LogP contribution >= 0.6 is 0 Å². The van der Waals surface area contributed by atoms with Crippen molar-refractivity contribution < 1.29 is 22.6 Å². The lowest BCUT2D eigenvalue weighted by Crippen LogP contribution is -2.44. The normalized spacial score (nSPS) is 25.3. The molecule has 1 aromatic rings. The summed E-state index contributed by atoms with van der Waals surface area (Å²) in [6, 6.07) is 2.94. The third-order valence-corrected chi connectivity index (χ3v) is 4.56. The first kappa shape index (κ1) is 16.2. The molecule has 0 saturated carbocycles. The first-order valence-electron chi connectivity index (χ1n) is 7.63. The summed E-state index contributed by atoms with van der Waals surface area (Å²) < 4.78 is 46.5. The van der Waals surface area contributed by atoms with Crippen LogP contribution in [0.3, 0.4) is 0 Å². The molecule has 0 spiro atoms. The van der Waals surface area contributed by atoms with Gasteiger partial charge in [0.2, 0.25) is 5.88 Å². The van der Waals surface area contributed by atoms with E-state index in [-0.39, 0.29) is 6.04 Å². The van der Waals surface area contributed by atoms with Crippen molar-refractivity contribution in [3.05, 3.63) is 12.1 Å². The summed E-state index contributed by atoms with van der Waals surface area (Å²) in [5.74, 6) is 0.961. The number of alkyl halides is 3. The number of piperidine rings is 1. The molecular formula is C15H20F3N3O2. The predicted octanol–water partition coefficient (Wildman–Crippen LogP) is 2.52. The van der Waals surface area contributed by atoms with Gasteiger partial charge in [0.15, 0.2) is 11.6 Å². The first-order chi connectivity index (χ1) is 10.9. The zero-order valence-corrected chi connectivity index (χ0v) is 13.1. The molecule has 2 aliphatic rings. The number of hydrogen-bond donors (Lipinski definition) is 0. The number of anilines is 1. The Bertz CT molecular complexity index is 567. The number of nitrogens with zero attached hydrogens (tertiary/aromatic N) is 3. The number of likely N-dealkylation sites (tertiary alicyclic amines) is 1. The molecule has 128 valence electrons. The second-order valence-electron chi connectivity index (χ2n) is 6.08. The Morgan fingerprint density at radius 1 is 1.22 bits per heavy atom. The van der Waals surface area contributed by atoms with Crippen LogP contribution in [0.2, 0.25) is 0 Å². The van der Waals surface area contributed by atoms with Gasteiger partial charge in [0.25, 0.3) is 0 Å². The Labute approximate surface area is 133 Å². The molecule has 0 radical (unpaired) electrons. The summed E-state index contributed by atoms with van der Waals surface area (Å²) in [7, 11) is 3.59. The molecule has 0 amide bonds. The summed E-state index contributed by atoms with van der Waals surface area (Å²) in [5, 5.41) is 0. The van der Waals surface area contributed by atoms with Gasteiger partial charge in [0, 0.05) is 25.2 Å². The fourth-order valence-corrected chi connectivity index (χ4v) is 3.59. The Balaban J connectivity index is 1.87. The number of rotatable bonds is 3. The van der Waals surface area contributed by atoms with Gasteiger partial charge in [-0.05, 0) is 38.4 Å². The van der Waals surface area contributed by atoms with Crippen molar-refractivity contribution in [2.45, 2.75) is 25.2 Å². The summed E-state index contributed by atoms with van der Waals surface area (Å²) in [6.45, 7) is 2.74. The van der Waals surface area contributed by atoms with Crippen LogP contribution in [0.15, 0.2) is 12.1 Å². The van der Waals surface area contributed by atoms with E-state index in [1.807, 2.05) is 0 Å². The van der Waals surface area contributed by atoms with E-state index < -0.39 is 12.2 Å². The van der Waals surface area contributed by atoms with Crippen LogP contribution in [-0.4, -0.2) is 56.1 Å². The minimum Gasteiger partial charge on any atom is -0.493 e. The van der Waals surface area contributed by atoms with E-state index in [4.69, 9.17) is 4.74 Å². The number of fused-ring (bicyclic) bond motifs is 1. The molecule has 2 atom stereocenters. The van der Waals surface area contributed by atoms with Gasteiger partial charge in [-0.25, -0.2) is 0 Å². The van der Waals surface area contributed by atoms with Gasteiger partial charge >= 0.3 is 6.36 Å². The van der Waals surface area contributed by atoms with Gasteiger partial charge in [-0.15, -0.1) is 13.2 Å². The monoisotopic (exact) mass is 331 g/mol. The molecule has 2 aliphatic heterocycles. The molecule has 0 aromatic carbocycles. The maximum Gasteiger partial charge on any atom is 0.574 e. The Morgan fingerprint density at radius 2 is 2.00 bits per heavy atom. The van der Waals surface area contributed by atoms with E-state index in [1.165, 1.54) is 19.2 Å². The zero-order chi connectivity index (χ0) is 16.6. The van der Waals surface area contributed by atoms with Gasteiger partial charge in [-0.1, -0.05) is 0 Å². The van der Waals surface area contributed by atoms with E-state index >= 15 is 0 Å². The van der Waals surface area contributed by atoms with E-state index in [0.29, 0.717) is 17.5 Å². The predicted molar refractivity (Wildman–Crippen MR) is 78.8 cm³/mol. The standard InChI is InChI=1S/C15H20F3N3O2/c1-20-7-6-11-10(9-20)5-8-21(11)14-12(22-2)3-4-13(19-14)23-15(16,17)18/h3-4,10-11H,5-9H2,1-2H3. The lowest BCUT2D eigenvalue weighted by Gasteiger charge is -2.37. The van der Waals surface area contributed by atoms with Crippen molar-refractivity contribution in [2.24, 2.45) is 5.92 Å². The second-order valence-corrected chi connectivity index (χ2v) is 6.08. The topological polar surface area (TPSA) is 37.8 Å². The maximum atomic E-state index is 12.4. The van der Waals surface area contributed by atoms with Crippen LogP contribution in [-0.2, 0) is 0 Å². The molecule has 0 aliphatic carbocycles. The van der Waals surface area contributed by atoms with Gasteiger partial charge in [-0.2, -0.15) is 4.98 Å². The number of aromatic nitrogens is 1. The van der Waals surface area contributed by atoms with Crippen LogP contribution in [0.4, 0.5) is 19.0 Å². The molecular weight excluding hydrogens is 311 g/mol. The van der Waals surface area contributed by atoms with Gasteiger partial charge in [0.1, 0.15) is 0 Å². The third kappa shape index (κ3) is 3.46. The smallest absolute Gasteiger partial charge is 0.493 e. The molecule has 1 aromatic heterocycles. The number of ether oxygens (including phenoxy) is 2. The van der Waals surface area contributed by atoms with Crippen LogP contribution in [0.1, 0.15) is 12.8 Å². The minimum absolute atomic E-state index is 0.286. The van der Waals surface area contributed by atoms with Crippen LogP contribution in [0, 0.1) is 5.92 Å². The number of halogens is 3. The molecule has 23 heavy (non-hydrogen) atoms. The molecule has 3 heterocycles. The fourth-order valence-electron chi connectivity index (χ4n) is 3.59. The lowest BCUT2D eigenvalue weighted by atomic mass is 9.93. The second kappa shape index (κ2) is 6.07. The fraction of sp³-hybridized carbons (Fsp3) is 0.667. The van der Waals surface area contributed by atoms with Crippen molar-refractivity contribution >= 4 is 5.82 Å². The summed E-state index contributed by atoms with van der Waals surface area (Å²) >= 11 is 0. The molecule has 2 unspecified atom stereocenters. The molecule has 0 N–H and O–H groups in total. The van der Waals surface area contributed by atoms with Crippen molar-refractivity contribution in [3.63, 3.8) is 0 Å². The first-order valence-corrected chi connectivity index (χ1v) is 7.63. The molecule has 2 fully saturated rings. The van der Waals surface area contributed by atoms with Crippen molar-refractivity contribution in [1.82, 2.24) is 9.88 Å². The lowest BCUT2D eigenvalue weighted by molar-refractivity contribution is -0.276. The highest BCUT2D eigenvalue weighted by Crippen LogP contribution is 2.39. The van der Waals surface area contributed by atoms with Crippen LogP contribution in [0.25, 0.3) is 0 Å². The largest absolute Gasteiger partial charge is 0.574 e. The van der Waals surface area contributed by atoms with Crippen LogP contribution in [0.5, 0.6) is 11.6 Å². The van der Waals surface area contributed by atoms with Crippen molar-refractivity contribution in [1.29, 1.82) is 0 Å². The Hall–Kier alpha value is -1.70. The molecule has 2 saturated heterocycles. The van der Waals surface area contributed by atoms with Gasteiger partial charge in [0.05, 0.1) is 7.11 Å². The average molecular weight is 331 g/mol. The number of pyridine rings is 1. The van der Waals surface area contributed by atoms with E-state index in [1.54, 1.807) is 0 Å². The molecule has 0 bridgehead atoms. The maximum absolute atomic E-state index is 12.4. The molecule has 5 nitrogen and oxygen atoms in total. The minimum atomic E-state index is -4.75.